The van der Waals surface area contributed by atoms with Gasteiger partial charge in [0.15, 0.2) is 0 Å². The average Bonchev–Trinajstić information content (AvgIpc) is 2.58. The number of para-hydroxylation sites is 1. The van der Waals surface area contributed by atoms with Gasteiger partial charge in [-0.25, -0.2) is 4.98 Å². The molecule has 5 nitrogen and oxygen atoms in total. The lowest BCUT2D eigenvalue weighted by Gasteiger charge is -2.31. The first kappa shape index (κ1) is 15.5. The Morgan fingerprint density at radius 2 is 1.74 bits per heavy atom. The van der Waals surface area contributed by atoms with Gasteiger partial charge in [0.2, 0.25) is 5.91 Å². The zero-order valence-electron chi connectivity index (χ0n) is 13.1. The maximum Gasteiger partial charge on any atom is 0.244 e. The molecule has 1 heterocycles. The first-order valence-electron chi connectivity index (χ1n) is 8.04. The van der Waals surface area contributed by atoms with Crippen LogP contribution in [0, 0.1) is 0 Å². The highest BCUT2D eigenvalue weighted by Gasteiger charge is 2.35. The average molecular weight is 310 g/mol. The minimum atomic E-state index is -0.737. The number of hydrogen-bond donors (Lipinski definition) is 3. The summed E-state index contributed by atoms with van der Waals surface area (Å²) in [6.07, 6.45) is 6.34. The van der Waals surface area contributed by atoms with Gasteiger partial charge in [-0.3, -0.25) is 4.79 Å². The summed E-state index contributed by atoms with van der Waals surface area (Å²) in [6.45, 7) is 0. The van der Waals surface area contributed by atoms with Gasteiger partial charge in [0.1, 0.15) is 5.82 Å². The van der Waals surface area contributed by atoms with Crippen LogP contribution in [-0.2, 0) is 4.79 Å². The van der Waals surface area contributed by atoms with Gasteiger partial charge in [0, 0.05) is 5.69 Å². The lowest BCUT2D eigenvalue weighted by Crippen LogP contribution is -2.52. The summed E-state index contributed by atoms with van der Waals surface area (Å²) < 4.78 is 0. The van der Waals surface area contributed by atoms with Crippen LogP contribution in [-0.4, -0.2) is 16.4 Å². The summed E-state index contributed by atoms with van der Waals surface area (Å²) in [6, 6.07) is 13.5. The molecule has 1 amide bonds. The van der Waals surface area contributed by atoms with Gasteiger partial charge in [0.05, 0.1) is 17.4 Å². The Labute approximate surface area is 136 Å². The van der Waals surface area contributed by atoms with Gasteiger partial charge in [-0.05, 0) is 37.1 Å². The van der Waals surface area contributed by atoms with Crippen LogP contribution in [0.1, 0.15) is 32.1 Å². The molecule has 3 rings (SSSR count). The molecule has 1 aromatic carbocycles. The van der Waals surface area contributed by atoms with E-state index in [9.17, 15) is 4.79 Å². The topological polar surface area (TPSA) is 80.0 Å². The number of carbonyl (C=O) groups is 1. The van der Waals surface area contributed by atoms with E-state index in [4.69, 9.17) is 5.73 Å². The van der Waals surface area contributed by atoms with Crippen LogP contribution in [0.5, 0.6) is 0 Å². The molecule has 0 saturated heterocycles. The summed E-state index contributed by atoms with van der Waals surface area (Å²) in [4.78, 5) is 16.7. The molecule has 0 atom stereocenters. The molecule has 5 heteroatoms. The molecule has 1 aliphatic carbocycles. The number of anilines is 3. The second-order valence-electron chi connectivity index (χ2n) is 6.09. The van der Waals surface area contributed by atoms with Crippen molar-refractivity contribution in [3.05, 3.63) is 48.7 Å². The molecular weight excluding hydrogens is 288 g/mol. The summed E-state index contributed by atoms with van der Waals surface area (Å²) in [5.41, 5.74) is 7.14. The number of hydrogen-bond acceptors (Lipinski definition) is 4. The SMILES string of the molecule is NC1(C(=O)Nc2ccc(Nc3ccccc3)nc2)CCCCC1. The number of nitrogens with one attached hydrogen (secondary N) is 2. The predicted molar refractivity (Wildman–Crippen MR) is 92.6 cm³/mol. The normalized spacial score (nSPS) is 16.6. The third-order valence-electron chi connectivity index (χ3n) is 4.27. The zero-order valence-corrected chi connectivity index (χ0v) is 13.1. The fraction of sp³-hybridized carbons (Fsp3) is 0.333. The van der Waals surface area contributed by atoms with Gasteiger partial charge < -0.3 is 16.4 Å². The van der Waals surface area contributed by atoms with Crippen LogP contribution in [0.4, 0.5) is 17.2 Å². The Kier molecular flexibility index (Phi) is 4.57. The molecule has 1 aromatic heterocycles. The van der Waals surface area contributed by atoms with Crippen LogP contribution < -0.4 is 16.4 Å². The van der Waals surface area contributed by atoms with Crippen LogP contribution >= 0.6 is 0 Å². The number of aromatic nitrogens is 1. The molecule has 1 fully saturated rings. The minimum Gasteiger partial charge on any atom is -0.340 e. The van der Waals surface area contributed by atoms with Gasteiger partial charge in [-0.2, -0.15) is 0 Å². The van der Waals surface area contributed by atoms with E-state index in [1.807, 2.05) is 42.5 Å². The van der Waals surface area contributed by atoms with E-state index in [0.717, 1.165) is 43.6 Å². The van der Waals surface area contributed by atoms with E-state index in [0.29, 0.717) is 5.69 Å². The Balaban J connectivity index is 1.62. The highest BCUT2D eigenvalue weighted by molar-refractivity contribution is 5.98. The highest BCUT2D eigenvalue weighted by atomic mass is 16.2. The first-order valence-corrected chi connectivity index (χ1v) is 8.04. The van der Waals surface area contributed by atoms with Gasteiger partial charge in [0.25, 0.3) is 0 Å². The monoisotopic (exact) mass is 310 g/mol. The summed E-state index contributed by atoms with van der Waals surface area (Å²) in [7, 11) is 0. The molecule has 120 valence electrons. The van der Waals surface area contributed by atoms with Crippen molar-refractivity contribution in [2.45, 2.75) is 37.6 Å². The van der Waals surface area contributed by atoms with Crippen molar-refractivity contribution in [3.63, 3.8) is 0 Å². The molecular formula is C18H22N4O. The van der Waals surface area contributed by atoms with Crippen LogP contribution in [0.15, 0.2) is 48.7 Å². The van der Waals surface area contributed by atoms with Crippen molar-refractivity contribution < 1.29 is 4.79 Å². The lowest BCUT2D eigenvalue weighted by molar-refractivity contribution is -0.122. The number of rotatable bonds is 4. The fourth-order valence-electron chi connectivity index (χ4n) is 2.88. The number of nitrogens with two attached hydrogens (primary N) is 1. The van der Waals surface area contributed by atoms with E-state index < -0.39 is 5.54 Å². The quantitative estimate of drug-likeness (QED) is 0.808. The molecule has 23 heavy (non-hydrogen) atoms. The molecule has 0 radical (unpaired) electrons. The van der Waals surface area contributed by atoms with Crippen molar-refractivity contribution in [1.82, 2.24) is 4.98 Å². The van der Waals surface area contributed by atoms with Gasteiger partial charge in [-0.15, -0.1) is 0 Å². The Morgan fingerprint density at radius 3 is 2.39 bits per heavy atom. The van der Waals surface area contributed by atoms with E-state index >= 15 is 0 Å². The molecule has 2 aromatic rings. The zero-order chi connectivity index (χ0) is 16.1. The molecule has 1 aliphatic rings. The largest absolute Gasteiger partial charge is 0.340 e. The summed E-state index contributed by atoms with van der Waals surface area (Å²) in [5, 5.41) is 6.10. The van der Waals surface area contributed by atoms with Crippen LogP contribution in [0.25, 0.3) is 0 Å². The second-order valence-corrected chi connectivity index (χ2v) is 6.09. The summed E-state index contributed by atoms with van der Waals surface area (Å²) >= 11 is 0. The molecule has 0 aliphatic heterocycles. The summed E-state index contributed by atoms with van der Waals surface area (Å²) in [5.74, 6) is 0.622. The molecule has 0 spiro atoms. The van der Waals surface area contributed by atoms with E-state index in [1.54, 1.807) is 6.20 Å². The van der Waals surface area contributed by atoms with E-state index in [-0.39, 0.29) is 5.91 Å². The highest BCUT2D eigenvalue weighted by Crippen LogP contribution is 2.27. The molecule has 1 saturated carbocycles. The Morgan fingerprint density at radius 1 is 1.00 bits per heavy atom. The van der Waals surface area contributed by atoms with Gasteiger partial charge in [-0.1, -0.05) is 37.5 Å². The number of carbonyl (C=O) groups excluding carboxylic acids is 1. The molecule has 0 unspecified atom stereocenters. The smallest absolute Gasteiger partial charge is 0.244 e. The molecule has 4 N–H and O–H groups in total. The van der Waals surface area contributed by atoms with Gasteiger partial charge >= 0.3 is 0 Å². The minimum absolute atomic E-state index is 0.109. The van der Waals surface area contributed by atoms with Crippen molar-refractivity contribution in [1.29, 1.82) is 0 Å². The van der Waals surface area contributed by atoms with Crippen molar-refractivity contribution >= 4 is 23.1 Å². The first-order chi connectivity index (χ1) is 11.2. The lowest BCUT2D eigenvalue weighted by atomic mass is 9.82. The second kappa shape index (κ2) is 6.79. The maximum atomic E-state index is 12.4. The van der Waals surface area contributed by atoms with E-state index in [1.165, 1.54) is 0 Å². The van der Waals surface area contributed by atoms with Crippen molar-refractivity contribution in [2.24, 2.45) is 5.73 Å². The molecule has 0 bridgehead atoms. The third kappa shape index (κ3) is 3.87. The number of pyridine rings is 1. The predicted octanol–water partition coefficient (Wildman–Crippen LogP) is 3.43. The number of benzene rings is 1. The third-order valence-corrected chi connectivity index (χ3v) is 4.27. The van der Waals surface area contributed by atoms with Crippen LogP contribution in [0.2, 0.25) is 0 Å². The Bertz CT molecular complexity index is 648. The number of nitrogens with zero attached hydrogens (tertiary/aromatic N) is 1. The van der Waals surface area contributed by atoms with E-state index in [2.05, 4.69) is 15.6 Å². The van der Waals surface area contributed by atoms with Crippen molar-refractivity contribution in [2.75, 3.05) is 10.6 Å². The standard InChI is InChI=1S/C18H22N4O/c19-18(11-5-2-6-12-18)17(23)22-15-9-10-16(20-13-15)21-14-7-3-1-4-8-14/h1,3-4,7-10,13H,2,5-6,11-12,19H2,(H,20,21)(H,22,23). The number of amides is 1. The van der Waals surface area contributed by atoms with Crippen molar-refractivity contribution in [3.8, 4) is 0 Å². The fourth-order valence-corrected chi connectivity index (χ4v) is 2.88. The maximum absolute atomic E-state index is 12.4. The van der Waals surface area contributed by atoms with Crippen LogP contribution in [0.3, 0.4) is 0 Å². The Hall–Kier alpha value is -2.40.